The minimum absolute atomic E-state index is 0.0924. The summed E-state index contributed by atoms with van der Waals surface area (Å²) >= 11 is 0. The Hall–Kier alpha value is -0.570. The largest absolute Gasteiger partial charge is 0.358 e. The van der Waals surface area contributed by atoms with Gasteiger partial charge in [0, 0.05) is 7.05 Å². The Kier molecular flexibility index (Phi) is 7.53. The third-order valence-electron chi connectivity index (χ3n) is 3.77. The predicted molar refractivity (Wildman–Crippen MR) is 78.5 cm³/mol. The summed E-state index contributed by atoms with van der Waals surface area (Å²) in [7, 11) is 1.71. The summed E-state index contributed by atoms with van der Waals surface area (Å²) in [5.41, 5.74) is -0.453. The van der Waals surface area contributed by atoms with E-state index in [0.29, 0.717) is 17.8 Å². The molecule has 1 amide bonds. The highest BCUT2D eigenvalue weighted by molar-refractivity contribution is 5.85. The molecule has 0 aromatic carbocycles. The van der Waals surface area contributed by atoms with E-state index in [2.05, 4.69) is 45.3 Å². The van der Waals surface area contributed by atoms with Gasteiger partial charge in [-0.15, -0.1) is 0 Å². The second-order valence-corrected chi connectivity index (χ2v) is 6.30. The van der Waals surface area contributed by atoms with Gasteiger partial charge in [0.1, 0.15) is 0 Å². The Labute approximate surface area is 113 Å². The van der Waals surface area contributed by atoms with Crippen LogP contribution in [0.1, 0.15) is 54.4 Å². The summed E-state index contributed by atoms with van der Waals surface area (Å²) in [6, 6.07) is 0. The van der Waals surface area contributed by atoms with Gasteiger partial charge in [0.05, 0.1) is 5.54 Å². The van der Waals surface area contributed by atoms with E-state index in [9.17, 15) is 4.79 Å². The van der Waals surface area contributed by atoms with E-state index < -0.39 is 5.54 Å². The SMILES string of the molecule is CCC(CNC(C)(CC(C)C)C(=O)NC)C(C)C. The lowest BCUT2D eigenvalue weighted by atomic mass is 9.87. The maximum absolute atomic E-state index is 12.1. The first-order valence-electron chi connectivity index (χ1n) is 7.24. The molecule has 3 heteroatoms. The quantitative estimate of drug-likeness (QED) is 0.701. The molecule has 0 fully saturated rings. The molecule has 0 radical (unpaired) electrons. The lowest BCUT2D eigenvalue weighted by Crippen LogP contribution is -2.56. The highest BCUT2D eigenvalue weighted by Crippen LogP contribution is 2.20. The van der Waals surface area contributed by atoms with Crippen molar-refractivity contribution in [2.75, 3.05) is 13.6 Å². The van der Waals surface area contributed by atoms with Gasteiger partial charge in [-0.05, 0) is 37.6 Å². The molecule has 2 atom stereocenters. The number of carbonyl (C=O) groups excluding carboxylic acids is 1. The fraction of sp³-hybridized carbons (Fsp3) is 0.933. The van der Waals surface area contributed by atoms with E-state index in [-0.39, 0.29) is 5.91 Å². The van der Waals surface area contributed by atoms with E-state index >= 15 is 0 Å². The van der Waals surface area contributed by atoms with Gasteiger partial charge in [0.15, 0.2) is 0 Å². The van der Waals surface area contributed by atoms with Crippen molar-refractivity contribution in [2.24, 2.45) is 17.8 Å². The van der Waals surface area contributed by atoms with Crippen LogP contribution in [0.5, 0.6) is 0 Å². The maximum atomic E-state index is 12.1. The number of carbonyl (C=O) groups is 1. The van der Waals surface area contributed by atoms with Crippen molar-refractivity contribution in [2.45, 2.75) is 59.9 Å². The Morgan fingerprint density at radius 3 is 2.11 bits per heavy atom. The summed E-state index contributed by atoms with van der Waals surface area (Å²) < 4.78 is 0. The molecule has 0 saturated carbocycles. The van der Waals surface area contributed by atoms with Gasteiger partial charge < -0.3 is 10.6 Å². The molecular formula is C15H32N2O. The van der Waals surface area contributed by atoms with Crippen molar-refractivity contribution >= 4 is 5.91 Å². The molecule has 108 valence electrons. The molecule has 0 aromatic heterocycles. The molecule has 18 heavy (non-hydrogen) atoms. The van der Waals surface area contributed by atoms with Gasteiger partial charge in [0.25, 0.3) is 0 Å². The van der Waals surface area contributed by atoms with Gasteiger partial charge >= 0.3 is 0 Å². The molecule has 0 aliphatic rings. The summed E-state index contributed by atoms with van der Waals surface area (Å²) in [6.45, 7) is 13.9. The normalized spacial score (nSPS) is 16.7. The molecule has 2 unspecified atom stereocenters. The number of amides is 1. The summed E-state index contributed by atoms with van der Waals surface area (Å²) in [6.07, 6.45) is 2.01. The highest BCUT2D eigenvalue weighted by Gasteiger charge is 2.33. The predicted octanol–water partition coefficient (Wildman–Crippen LogP) is 2.81. The Morgan fingerprint density at radius 2 is 1.78 bits per heavy atom. The second-order valence-electron chi connectivity index (χ2n) is 6.30. The first kappa shape index (κ1) is 17.4. The summed E-state index contributed by atoms with van der Waals surface area (Å²) in [5, 5.41) is 6.28. The molecule has 0 aliphatic heterocycles. The van der Waals surface area contributed by atoms with Crippen LogP contribution in [0.15, 0.2) is 0 Å². The lowest BCUT2D eigenvalue weighted by molar-refractivity contribution is -0.127. The number of nitrogens with one attached hydrogen (secondary N) is 2. The average molecular weight is 256 g/mol. The van der Waals surface area contributed by atoms with Crippen LogP contribution in [-0.2, 0) is 4.79 Å². The molecular weight excluding hydrogens is 224 g/mol. The average Bonchev–Trinajstić information content (AvgIpc) is 2.27. The van der Waals surface area contributed by atoms with Crippen molar-refractivity contribution in [3.05, 3.63) is 0 Å². The number of hydrogen-bond donors (Lipinski definition) is 2. The first-order chi connectivity index (χ1) is 8.26. The summed E-state index contributed by atoms with van der Waals surface area (Å²) in [4.78, 5) is 12.1. The van der Waals surface area contributed by atoms with Crippen LogP contribution in [0.3, 0.4) is 0 Å². The number of likely N-dealkylation sites (N-methyl/N-ethyl adjacent to an activating group) is 1. The summed E-state index contributed by atoms with van der Waals surface area (Å²) in [5.74, 6) is 1.87. The topological polar surface area (TPSA) is 41.1 Å². The van der Waals surface area contributed by atoms with Gasteiger partial charge in [-0.3, -0.25) is 4.79 Å². The smallest absolute Gasteiger partial charge is 0.239 e. The first-order valence-corrected chi connectivity index (χ1v) is 7.24. The molecule has 3 nitrogen and oxygen atoms in total. The number of hydrogen-bond acceptors (Lipinski definition) is 2. The number of rotatable bonds is 8. The molecule has 0 heterocycles. The standard InChI is InChI=1S/C15H32N2O/c1-8-13(12(4)5)10-17-15(6,9-11(2)3)14(18)16-7/h11-13,17H,8-10H2,1-7H3,(H,16,18). The van der Waals surface area contributed by atoms with Crippen molar-refractivity contribution in [3.63, 3.8) is 0 Å². The Morgan fingerprint density at radius 1 is 1.22 bits per heavy atom. The van der Waals surface area contributed by atoms with Crippen LogP contribution >= 0.6 is 0 Å². The van der Waals surface area contributed by atoms with Gasteiger partial charge in [-0.25, -0.2) is 0 Å². The molecule has 0 spiro atoms. The zero-order valence-electron chi connectivity index (χ0n) is 13.3. The van der Waals surface area contributed by atoms with E-state index in [4.69, 9.17) is 0 Å². The zero-order chi connectivity index (χ0) is 14.3. The van der Waals surface area contributed by atoms with Crippen LogP contribution in [0.2, 0.25) is 0 Å². The van der Waals surface area contributed by atoms with Crippen molar-refractivity contribution in [1.82, 2.24) is 10.6 Å². The van der Waals surface area contributed by atoms with Gasteiger partial charge in [0.2, 0.25) is 5.91 Å². The Bertz CT molecular complexity index is 251. The van der Waals surface area contributed by atoms with E-state index in [1.54, 1.807) is 7.05 Å². The molecule has 0 aliphatic carbocycles. The maximum Gasteiger partial charge on any atom is 0.239 e. The van der Waals surface area contributed by atoms with Gasteiger partial charge in [-0.1, -0.05) is 41.0 Å². The van der Waals surface area contributed by atoms with Gasteiger partial charge in [-0.2, -0.15) is 0 Å². The van der Waals surface area contributed by atoms with Crippen LogP contribution in [0.25, 0.3) is 0 Å². The monoisotopic (exact) mass is 256 g/mol. The fourth-order valence-corrected chi connectivity index (χ4v) is 2.55. The van der Waals surface area contributed by atoms with E-state index in [1.807, 2.05) is 6.92 Å². The fourth-order valence-electron chi connectivity index (χ4n) is 2.55. The Balaban J connectivity index is 4.64. The molecule has 0 bridgehead atoms. The third-order valence-corrected chi connectivity index (χ3v) is 3.77. The van der Waals surface area contributed by atoms with Crippen LogP contribution in [-0.4, -0.2) is 25.0 Å². The minimum atomic E-state index is -0.453. The molecule has 0 saturated heterocycles. The molecule has 0 rings (SSSR count). The minimum Gasteiger partial charge on any atom is -0.358 e. The van der Waals surface area contributed by atoms with Crippen LogP contribution < -0.4 is 10.6 Å². The van der Waals surface area contributed by atoms with Crippen molar-refractivity contribution in [1.29, 1.82) is 0 Å². The van der Waals surface area contributed by atoms with E-state index in [1.165, 1.54) is 0 Å². The van der Waals surface area contributed by atoms with E-state index in [0.717, 1.165) is 19.4 Å². The molecule has 2 N–H and O–H groups in total. The van der Waals surface area contributed by atoms with Crippen molar-refractivity contribution < 1.29 is 4.79 Å². The third kappa shape index (κ3) is 5.38. The van der Waals surface area contributed by atoms with Crippen LogP contribution in [0.4, 0.5) is 0 Å². The second kappa shape index (κ2) is 7.78. The van der Waals surface area contributed by atoms with Crippen LogP contribution in [0, 0.1) is 17.8 Å². The zero-order valence-corrected chi connectivity index (χ0v) is 13.3. The lowest BCUT2D eigenvalue weighted by Gasteiger charge is -2.33. The van der Waals surface area contributed by atoms with Crippen molar-refractivity contribution in [3.8, 4) is 0 Å². The molecule has 0 aromatic rings. The highest BCUT2D eigenvalue weighted by atomic mass is 16.2.